The third-order valence-electron chi connectivity index (χ3n) is 0.659. The highest BCUT2D eigenvalue weighted by molar-refractivity contribution is 4.61. The molecule has 0 aliphatic carbocycles. The molecule has 0 saturated carbocycles. The molecule has 0 aromatic heterocycles. The standard InChI is InChI=1S/C5H12N/c1-2-3-4-5-6/h4H,2-3,5-6H2,1H3. The Balaban J connectivity index is 2.34. The van der Waals surface area contributed by atoms with Crippen LogP contribution in [0.3, 0.4) is 0 Å². The molecule has 0 aliphatic rings. The van der Waals surface area contributed by atoms with Crippen molar-refractivity contribution < 1.29 is 0 Å². The Kier molecular flexibility index (Phi) is 4.93. The van der Waals surface area contributed by atoms with Gasteiger partial charge in [-0.3, -0.25) is 0 Å². The molecule has 37 valence electrons. The van der Waals surface area contributed by atoms with Gasteiger partial charge in [0.1, 0.15) is 0 Å². The second-order valence-electron chi connectivity index (χ2n) is 1.31. The van der Waals surface area contributed by atoms with Crippen molar-refractivity contribution in [1.29, 1.82) is 0 Å². The fourth-order valence-electron chi connectivity index (χ4n) is 0.322. The van der Waals surface area contributed by atoms with E-state index in [1.54, 1.807) is 0 Å². The van der Waals surface area contributed by atoms with Gasteiger partial charge >= 0.3 is 0 Å². The number of hydrogen-bond acceptors (Lipinski definition) is 1. The van der Waals surface area contributed by atoms with Crippen LogP contribution < -0.4 is 5.73 Å². The Labute approximate surface area is 39.5 Å². The van der Waals surface area contributed by atoms with Crippen molar-refractivity contribution in [3.63, 3.8) is 0 Å². The van der Waals surface area contributed by atoms with Crippen LogP contribution in [0.1, 0.15) is 19.8 Å². The van der Waals surface area contributed by atoms with E-state index in [4.69, 9.17) is 5.73 Å². The highest BCUT2D eigenvalue weighted by Crippen LogP contribution is 1.86. The summed E-state index contributed by atoms with van der Waals surface area (Å²) in [5.74, 6) is 0. The molecule has 0 bridgehead atoms. The van der Waals surface area contributed by atoms with E-state index in [0.717, 1.165) is 13.0 Å². The summed E-state index contributed by atoms with van der Waals surface area (Å²) < 4.78 is 0. The first kappa shape index (κ1) is 5.96. The largest absolute Gasteiger partial charge is 0.330 e. The molecule has 0 fully saturated rings. The molecule has 1 nitrogen and oxygen atoms in total. The van der Waals surface area contributed by atoms with Gasteiger partial charge in [-0.1, -0.05) is 13.3 Å². The van der Waals surface area contributed by atoms with Crippen molar-refractivity contribution in [1.82, 2.24) is 0 Å². The van der Waals surface area contributed by atoms with Crippen molar-refractivity contribution in [3.05, 3.63) is 6.42 Å². The van der Waals surface area contributed by atoms with Gasteiger partial charge < -0.3 is 5.73 Å². The molecule has 0 unspecified atom stereocenters. The molecule has 0 heterocycles. The molecule has 0 rings (SSSR count). The van der Waals surface area contributed by atoms with Gasteiger partial charge in [-0.2, -0.15) is 0 Å². The van der Waals surface area contributed by atoms with E-state index >= 15 is 0 Å². The molecule has 0 atom stereocenters. The summed E-state index contributed by atoms with van der Waals surface area (Å²) in [6.07, 6.45) is 4.47. The SMILES string of the molecule is CCC[CH]CN. The molecular formula is C5H12N. The molecule has 0 aromatic rings. The zero-order valence-electron chi connectivity index (χ0n) is 4.28. The molecular weight excluding hydrogens is 74.1 g/mol. The first-order valence-corrected chi connectivity index (χ1v) is 2.43. The second kappa shape index (κ2) is 4.96. The summed E-state index contributed by atoms with van der Waals surface area (Å²) in [5.41, 5.74) is 5.16. The number of rotatable bonds is 3. The van der Waals surface area contributed by atoms with E-state index in [1.807, 2.05) is 0 Å². The summed E-state index contributed by atoms with van der Waals surface area (Å²) >= 11 is 0. The normalized spacial score (nSPS) is 9.00. The lowest BCUT2D eigenvalue weighted by Gasteiger charge is -1.86. The van der Waals surface area contributed by atoms with Crippen LogP contribution in [-0.2, 0) is 0 Å². The van der Waals surface area contributed by atoms with E-state index in [0.29, 0.717) is 0 Å². The molecule has 1 heteroatoms. The maximum Gasteiger partial charge on any atom is -0.00457 e. The third-order valence-corrected chi connectivity index (χ3v) is 0.659. The lowest BCUT2D eigenvalue weighted by molar-refractivity contribution is 0.869. The zero-order valence-corrected chi connectivity index (χ0v) is 4.28. The van der Waals surface area contributed by atoms with Crippen LogP contribution in [0, 0.1) is 6.42 Å². The van der Waals surface area contributed by atoms with Crippen LogP contribution in [0.2, 0.25) is 0 Å². The predicted octanol–water partition coefficient (Wildman–Crippen LogP) is 0.949. The van der Waals surface area contributed by atoms with Crippen LogP contribution in [0.25, 0.3) is 0 Å². The minimum atomic E-state index is 0.730. The molecule has 0 spiro atoms. The van der Waals surface area contributed by atoms with Crippen molar-refractivity contribution in [3.8, 4) is 0 Å². The van der Waals surface area contributed by atoms with Crippen LogP contribution in [0.15, 0.2) is 0 Å². The molecule has 0 saturated heterocycles. The minimum Gasteiger partial charge on any atom is -0.330 e. The Morgan fingerprint density at radius 1 is 1.67 bits per heavy atom. The average Bonchev–Trinajstić information content (AvgIpc) is 1.61. The van der Waals surface area contributed by atoms with Crippen molar-refractivity contribution in [2.45, 2.75) is 19.8 Å². The van der Waals surface area contributed by atoms with Gasteiger partial charge in [0, 0.05) is 0 Å². The van der Waals surface area contributed by atoms with Crippen LogP contribution in [0.4, 0.5) is 0 Å². The number of hydrogen-bond donors (Lipinski definition) is 1. The number of nitrogens with two attached hydrogens (primary N) is 1. The second-order valence-corrected chi connectivity index (χ2v) is 1.31. The molecule has 0 amide bonds. The van der Waals surface area contributed by atoms with Gasteiger partial charge in [0.15, 0.2) is 0 Å². The fraction of sp³-hybridized carbons (Fsp3) is 0.800. The lowest BCUT2D eigenvalue weighted by atomic mass is 10.3. The predicted molar refractivity (Wildman–Crippen MR) is 28.3 cm³/mol. The van der Waals surface area contributed by atoms with Crippen molar-refractivity contribution >= 4 is 0 Å². The van der Waals surface area contributed by atoms with Crippen LogP contribution in [0.5, 0.6) is 0 Å². The minimum absolute atomic E-state index is 0.730. The van der Waals surface area contributed by atoms with Crippen molar-refractivity contribution in [2.24, 2.45) is 5.73 Å². The summed E-state index contributed by atoms with van der Waals surface area (Å²) in [6, 6.07) is 0. The van der Waals surface area contributed by atoms with Gasteiger partial charge in [0.05, 0.1) is 0 Å². The van der Waals surface area contributed by atoms with E-state index in [9.17, 15) is 0 Å². The van der Waals surface area contributed by atoms with Gasteiger partial charge in [-0.15, -0.1) is 0 Å². The Morgan fingerprint density at radius 3 is 2.50 bits per heavy atom. The smallest absolute Gasteiger partial charge is 0.00457 e. The molecule has 0 aromatic carbocycles. The summed E-state index contributed by atoms with van der Waals surface area (Å²) in [7, 11) is 0. The van der Waals surface area contributed by atoms with Gasteiger partial charge in [0.25, 0.3) is 0 Å². The quantitative estimate of drug-likeness (QED) is 0.508. The lowest BCUT2D eigenvalue weighted by Crippen LogP contribution is -1.97. The fourth-order valence-corrected chi connectivity index (χ4v) is 0.322. The first-order valence-electron chi connectivity index (χ1n) is 2.43. The monoisotopic (exact) mass is 86.1 g/mol. The van der Waals surface area contributed by atoms with Crippen LogP contribution in [-0.4, -0.2) is 6.54 Å². The van der Waals surface area contributed by atoms with Crippen LogP contribution >= 0.6 is 0 Å². The third kappa shape index (κ3) is 3.96. The molecule has 0 aliphatic heterocycles. The van der Waals surface area contributed by atoms with E-state index in [-0.39, 0.29) is 0 Å². The van der Waals surface area contributed by atoms with E-state index in [2.05, 4.69) is 13.3 Å². The highest BCUT2D eigenvalue weighted by atomic mass is 14.5. The molecule has 1 radical (unpaired) electrons. The molecule has 2 N–H and O–H groups in total. The first-order chi connectivity index (χ1) is 2.91. The van der Waals surface area contributed by atoms with E-state index < -0.39 is 0 Å². The maximum absolute atomic E-state index is 5.16. The topological polar surface area (TPSA) is 26.0 Å². The highest BCUT2D eigenvalue weighted by Gasteiger charge is 1.75. The Morgan fingerprint density at radius 2 is 2.33 bits per heavy atom. The van der Waals surface area contributed by atoms with Gasteiger partial charge in [-0.05, 0) is 19.4 Å². The summed E-state index contributed by atoms with van der Waals surface area (Å²) in [6.45, 7) is 2.88. The van der Waals surface area contributed by atoms with Crippen molar-refractivity contribution in [2.75, 3.05) is 6.54 Å². The Hall–Kier alpha value is -0.0400. The number of unbranched alkanes of at least 4 members (excludes halogenated alkanes) is 2. The Bertz CT molecular complexity index is 15.9. The summed E-state index contributed by atoms with van der Waals surface area (Å²) in [4.78, 5) is 0. The zero-order chi connectivity index (χ0) is 4.83. The summed E-state index contributed by atoms with van der Waals surface area (Å²) in [5, 5.41) is 0. The van der Waals surface area contributed by atoms with E-state index in [1.165, 1.54) is 6.42 Å². The maximum atomic E-state index is 5.16. The average molecular weight is 86.2 g/mol. The van der Waals surface area contributed by atoms with Gasteiger partial charge in [0.2, 0.25) is 0 Å². The van der Waals surface area contributed by atoms with Gasteiger partial charge in [-0.25, -0.2) is 0 Å². The molecule has 6 heavy (non-hydrogen) atoms.